The Morgan fingerprint density at radius 3 is 2.30 bits per heavy atom. The third-order valence-electron chi connectivity index (χ3n) is 5.97. The zero-order valence-corrected chi connectivity index (χ0v) is 17.8. The normalized spacial score (nSPS) is 19.5. The number of hydrogen-bond acceptors (Lipinski definition) is 6. The Hall–Kier alpha value is -3.03. The van der Waals surface area contributed by atoms with Crippen LogP contribution in [-0.4, -0.2) is 67.0 Å². The van der Waals surface area contributed by atoms with Gasteiger partial charge in [0.05, 0.1) is 7.11 Å². The highest BCUT2D eigenvalue weighted by molar-refractivity contribution is 5.89. The number of urea groups is 1. The lowest BCUT2D eigenvalue weighted by Crippen LogP contribution is -2.50. The fourth-order valence-corrected chi connectivity index (χ4v) is 4.09. The largest absolute Gasteiger partial charge is 0.497 e. The smallest absolute Gasteiger partial charge is 0.321 e. The standard InChI is InChI=1S/C22H30N6O2/c1-17-5-3-4-12-28(17)21-11-10-20(24-25-21)26-13-15-27(16-14-26)22(29)23-18-6-8-19(30-2)9-7-18/h6-11,17H,3-5,12-16H2,1-2H3,(H,23,29). The van der Waals surface area contributed by atoms with Crippen molar-refractivity contribution in [2.24, 2.45) is 0 Å². The number of nitrogens with one attached hydrogen (secondary N) is 1. The summed E-state index contributed by atoms with van der Waals surface area (Å²) in [6.07, 6.45) is 3.72. The summed E-state index contributed by atoms with van der Waals surface area (Å²) in [7, 11) is 1.62. The Morgan fingerprint density at radius 2 is 1.67 bits per heavy atom. The second-order valence-electron chi connectivity index (χ2n) is 7.92. The summed E-state index contributed by atoms with van der Waals surface area (Å²) >= 11 is 0. The zero-order chi connectivity index (χ0) is 20.9. The average Bonchev–Trinajstić information content (AvgIpc) is 2.80. The first-order chi connectivity index (χ1) is 14.6. The topological polar surface area (TPSA) is 73.8 Å². The quantitative estimate of drug-likeness (QED) is 0.834. The molecule has 8 nitrogen and oxygen atoms in total. The fraction of sp³-hybridized carbons (Fsp3) is 0.500. The van der Waals surface area contributed by atoms with E-state index in [1.54, 1.807) is 7.11 Å². The van der Waals surface area contributed by atoms with E-state index in [0.717, 1.165) is 42.7 Å². The van der Waals surface area contributed by atoms with E-state index >= 15 is 0 Å². The number of carbonyl (C=O) groups excluding carboxylic acids is 1. The van der Waals surface area contributed by atoms with Gasteiger partial charge in [0.2, 0.25) is 0 Å². The van der Waals surface area contributed by atoms with E-state index in [1.165, 1.54) is 19.3 Å². The summed E-state index contributed by atoms with van der Waals surface area (Å²) in [6, 6.07) is 11.9. The molecule has 1 aromatic carbocycles. The van der Waals surface area contributed by atoms with Crippen LogP contribution in [0, 0.1) is 0 Å². The van der Waals surface area contributed by atoms with Crippen LogP contribution in [-0.2, 0) is 0 Å². The van der Waals surface area contributed by atoms with Crippen molar-refractivity contribution in [3.8, 4) is 5.75 Å². The van der Waals surface area contributed by atoms with Gasteiger partial charge in [0.15, 0.2) is 11.6 Å². The number of methoxy groups -OCH3 is 1. The number of amides is 2. The number of benzene rings is 1. The Kier molecular flexibility index (Phi) is 6.21. The van der Waals surface area contributed by atoms with Crippen molar-refractivity contribution in [3.63, 3.8) is 0 Å². The van der Waals surface area contributed by atoms with Crippen LogP contribution in [0.3, 0.4) is 0 Å². The van der Waals surface area contributed by atoms with Crippen LogP contribution in [0.1, 0.15) is 26.2 Å². The van der Waals surface area contributed by atoms with E-state index in [4.69, 9.17) is 4.74 Å². The number of carbonyl (C=O) groups is 1. The number of piperidine rings is 1. The molecule has 3 heterocycles. The minimum Gasteiger partial charge on any atom is -0.497 e. The van der Waals surface area contributed by atoms with Crippen LogP contribution in [0.15, 0.2) is 36.4 Å². The first-order valence-electron chi connectivity index (χ1n) is 10.7. The molecule has 0 radical (unpaired) electrons. The van der Waals surface area contributed by atoms with Gasteiger partial charge in [0, 0.05) is 44.5 Å². The predicted molar refractivity (Wildman–Crippen MR) is 118 cm³/mol. The second-order valence-corrected chi connectivity index (χ2v) is 7.92. The number of ether oxygens (including phenoxy) is 1. The molecule has 0 spiro atoms. The van der Waals surface area contributed by atoms with Gasteiger partial charge in [0.25, 0.3) is 0 Å². The lowest BCUT2D eigenvalue weighted by Gasteiger charge is -2.36. The lowest BCUT2D eigenvalue weighted by molar-refractivity contribution is 0.208. The van der Waals surface area contributed by atoms with Crippen LogP contribution in [0.2, 0.25) is 0 Å². The van der Waals surface area contributed by atoms with Crippen molar-refractivity contribution in [2.45, 2.75) is 32.2 Å². The molecule has 0 bridgehead atoms. The molecule has 2 aromatic rings. The molecule has 0 aliphatic carbocycles. The number of aromatic nitrogens is 2. The molecule has 2 fully saturated rings. The van der Waals surface area contributed by atoms with E-state index in [1.807, 2.05) is 29.2 Å². The van der Waals surface area contributed by atoms with Crippen LogP contribution in [0.25, 0.3) is 0 Å². The van der Waals surface area contributed by atoms with Crippen LogP contribution >= 0.6 is 0 Å². The molecule has 160 valence electrons. The van der Waals surface area contributed by atoms with Gasteiger partial charge in [-0.2, -0.15) is 0 Å². The van der Waals surface area contributed by atoms with Crippen LogP contribution in [0.4, 0.5) is 22.1 Å². The van der Waals surface area contributed by atoms with E-state index in [0.29, 0.717) is 19.1 Å². The molecule has 1 N–H and O–H groups in total. The maximum absolute atomic E-state index is 12.5. The van der Waals surface area contributed by atoms with Gasteiger partial charge >= 0.3 is 6.03 Å². The third kappa shape index (κ3) is 4.58. The molecule has 2 aliphatic heterocycles. The number of rotatable bonds is 4. The minimum absolute atomic E-state index is 0.0830. The lowest BCUT2D eigenvalue weighted by atomic mass is 10.0. The number of piperazine rings is 1. The molecule has 2 saturated heterocycles. The molecule has 2 aliphatic rings. The van der Waals surface area contributed by atoms with Gasteiger partial charge in [-0.1, -0.05) is 0 Å². The van der Waals surface area contributed by atoms with Gasteiger partial charge < -0.3 is 24.8 Å². The monoisotopic (exact) mass is 410 g/mol. The van der Waals surface area contributed by atoms with Crippen LogP contribution < -0.4 is 19.9 Å². The molecule has 8 heteroatoms. The highest BCUT2D eigenvalue weighted by Gasteiger charge is 2.23. The summed E-state index contributed by atoms with van der Waals surface area (Å²) in [4.78, 5) is 18.9. The van der Waals surface area contributed by atoms with Crippen molar-refractivity contribution < 1.29 is 9.53 Å². The highest BCUT2D eigenvalue weighted by Crippen LogP contribution is 2.24. The Morgan fingerprint density at radius 1 is 0.967 bits per heavy atom. The number of anilines is 3. The molecule has 1 unspecified atom stereocenters. The Balaban J connectivity index is 1.30. The van der Waals surface area contributed by atoms with Crippen molar-refractivity contribution in [1.82, 2.24) is 15.1 Å². The first kappa shape index (κ1) is 20.3. The van der Waals surface area contributed by atoms with E-state index in [-0.39, 0.29) is 6.03 Å². The summed E-state index contributed by atoms with van der Waals surface area (Å²) in [5.41, 5.74) is 0.761. The summed E-state index contributed by atoms with van der Waals surface area (Å²) in [6.45, 7) is 6.08. The van der Waals surface area contributed by atoms with Gasteiger partial charge in [-0.3, -0.25) is 0 Å². The van der Waals surface area contributed by atoms with Gasteiger partial charge in [-0.25, -0.2) is 4.79 Å². The molecular formula is C22H30N6O2. The average molecular weight is 411 g/mol. The van der Waals surface area contributed by atoms with E-state index < -0.39 is 0 Å². The maximum Gasteiger partial charge on any atom is 0.321 e. The molecule has 30 heavy (non-hydrogen) atoms. The van der Waals surface area contributed by atoms with E-state index in [2.05, 4.69) is 44.4 Å². The highest BCUT2D eigenvalue weighted by atomic mass is 16.5. The Bertz CT molecular complexity index is 834. The first-order valence-corrected chi connectivity index (χ1v) is 10.7. The molecule has 0 saturated carbocycles. The molecule has 1 atom stereocenters. The van der Waals surface area contributed by atoms with Gasteiger partial charge in [0.1, 0.15) is 5.75 Å². The minimum atomic E-state index is -0.0830. The van der Waals surface area contributed by atoms with Crippen molar-refractivity contribution in [1.29, 1.82) is 0 Å². The number of nitrogens with zero attached hydrogens (tertiary/aromatic N) is 5. The third-order valence-corrected chi connectivity index (χ3v) is 5.97. The molecular weight excluding hydrogens is 380 g/mol. The fourth-order valence-electron chi connectivity index (χ4n) is 4.09. The van der Waals surface area contributed by atoms with Crippen molar-refractivity contribution in [3.05, 3.63) is 36.4 Å². The van der Waals surface area contributed by atoms with Gasteiger partial charge in [-0.15, -0.1) is 10.2 Å². The van der Waals surface area contributed by atoms with Crippen molar-refractivity contribution >= 4 is 23.4 Å². The zero-order valence-electron chi connectivity index (χ0n) is 17.8. The summed E-state index contributed by atoms with van der Waals surface area (Å²) < 4.78 is 5.15. The van der Waals surface area contributed by atoms with E-state index in [9.17, 15) is 4.79 Å². The SMILES string of the molecule is COc1ccc(NC(=O)N2CCN(c3ccc(N4CCCCC4C)nn3)CC2)cc1. The number of hydrogen-bond donors (Lipinski definition) is 1. The molecule has 2 amide bonds. The van der Waals surface area contributed by atoms with Gasteiger partial charge in [-0.05, 0) is 62.6 Å². The molecule has 1 aromatic heterocycles. The Labute approximate surface area is 177 Å². The predicted octanol–water partition coefficient (Wildman–Crippen LogP) is 3.22. The van der Waals surface area contributed by atoms with Crippen molar-refractivity contribution in [2.75, 3.05) is 55.0 Å². The summed E-state index contributed by atoms with van der Waals surface area (Å²) in [5, 5.41) is 11.9. The second kappa shape index (κ2) is 9.19. The summed E-state index contributed by atoms with van der Waals surface area (Å²) in [5.74, 6) is 2.60. The molecule has 4 rings (SSSR count). The maximum atomic E-state index is 12.5. The van der Waals surface area contributed by atoms with Crippen LogP contribution in [0.5, 0.6) is 5.75 Å².